The summed E-state index contributed by atoms with van der Waals surface area (Å²) in [5.41, 5.74) is -0.530. The molecule has 1 saturated carbocycles. The highest BCUT2D eigenvalue weighted by Gasteiger charge is 2.34. The molecule has 0 aromatic rings. The van der Waals surface area contributed by atoms with Crippen LogP contribution in [0.15, 0.2) is 4.99 Å². The van der Waals surface area contributed by atoms with Gasteiger partial charge in [-0.05, 0) is 39.5 Å². The lowest BCUT2D eigenvalue weighted by Gasteiger charge is -2.35. The van der Waals surface area contributed by atoms with Gasteiger partial charge in [-0.15, -0.1) is 24.0 Å². The van der Waals surface area contributed by atoms with E-state index in [-0.39, 0.29) is 24.0 Å². The van der Waals surface area contributed by atoms with Crippen molar-refractivity contribution in [3.8, 4) is 0 Å². The standard InChI is InChI=1S/C12H25N3O.HI/c1-4-10(3)15-11(13-5-2)14-9-12(16)7-6-8-12;/h10,16H,4-9H2,1-3H3,(H2,13,14,15);1H. The van der Waals surface area contributed by atoms with Gasteiger partial charge in [-0.3, -0.25) is 4.99 Å². The summed E-state index contributed by atoms with van der Waals surface area (Å²) in [7, 11) is 0. The fourth-order valence-corrected chi connectivity index (χ4v) is 1.62. The molecule has 0 saturated heterocycles. The molecule has 5 heteroatoms. The van der Waals surface area contributed by atoms with Gasteiger partial charge in [-0.25, -0.2) is 0 Å². The topological polar surface area (TPSA) is 56.7 Å². The normalized spacial score (nSPS) is 19.9. The van der Waals surface area contributed by atoms with E-state index in [1.807, 2.05) is 6.92 Å². The van der Waals surface area contributed by atoms with E-state index in [1.165, 1.54) is 0 Å². The zero-order chi connectivity index (χ0) is 12.0. The Morgan fingerprint density at radius 2 is 2.06 bits per heavy atom. The number of hydrogen-bond donors (Lipinski definition) is 3. The fourth-order valence-electron chi connectivity index (χ4n) is 1.62. The Labute approximate surface area is 122 Å². The largest absolute Gasteiger partial charge is 0.388 e. The van der Waals surface area contributed by atoms with E-state index in [2.05, 4.69) is 29.5 Å². The molecule has 102 valence electrons. The Balaban J connectivity index is 0.00000256. The van der Waals surface area contributed by atoms with Crippen molar-refractivity contribution in [2.45, 2.75) is 58.1 Å². The van der Waals surface area contributed by atoms with Gasteiger partial charge in [0.2, 0.25) is 0 Å². The second-order valence-corrected chi connectivity index (χ2v) is 4.73. The van der Waals surface area contributed by atoms with Crippen molar-refractivity contribution in [1.82, 2.24) is 10.6 Å². The van der Waals surface area contributed by atoms with Crippen LogP contribution in [0.25, 0.3) is 0 Å². The minimum absolute atomic E-state index is 0. The summed E-state index contributed by atoms with van der Waals surface area (Å²) in [6.07, 6.45) is 3.97. The number of aliphatic imine (C=N–C) groups is 1. The maximum absolute atomic E-state index is 9.96. The fraction of sp³-hybridized carbons (Fsp3) is 0.917. The van der Waals surface area contributed by atoms with Crippen molar-refractivity contribution < 1.29 is 5.11 Å². The van der Waals surface area contributed by atoms with E-state index >= 15 is 0 Å². The van der Waals surface area contributed by atoms with Gasteiger partial charge >= 0.3 is 0 Å². The van der Waals surface area contributed by atoms with E-state index < -0.39 is 5.60 Å². The first-order valence-electron chi connectivity index (χ1n) is 6.37. The average Bonchev–Trinajstić information content (AvgIpc) is 2.23. The van der Waals surface area contributed by atoms with Gasteiger partial charge in [-0.1, -0.05) is 6.92 Å². The zero-order valence-electron chi connectivity index (χ0n) is 11.1. The van der Waals surface area contributed by atoms with E-state index in [4.69, 9.17) is 0 Å². The summed E-state index contributed by atoms with van der Waals surface area (Å²) >= 11 is 0. The van der Waals surface area contributed by atoms with Crippen LogP contribution in [-0.2, 0) is 0 Å². The van der Waals surface area contributed by atoms with Crippen LogP contribution in [-0.4, -0.2) is 35.8 Å². The SMILES string of the molecule is CCNC(=NCC1(O)CCC1)NC(C)CC.I. The molecule has 17 heavy (non-hydrogen) atoms. The third kappa shape index (κ3) is 5.90. The van der Waals surface area contributed by atoms with Crippen molar-refractivity contribution in [3.63, 3.8) is 0 Å². The summed E-state index contributed by atoms with van der Waals surface area (Å²) in [4.78, 5) is 4.44. The van der Waals surface area contributed by atoms with Gasteiger partial charge in [0.05, 0.1) is 12.1 Å². The number of hydrogen-bond acceptors (Lipinski definition) is 2. The molecule has 0 bridgehead atoms. The maximum atomic E-state index is 9.96. The summed E-state index contributed by atoms with van der Waals surface area (Å²) in [5.74, 6) is 0.817. The molecule has 1 atom stereocenters. The summed E-state index contributed by atoms with van der Waals surface area (Å²) in [6, 6.07) is 0.411. The van der Waals surface area contributed by atoms with Crippen LogP contribution in [0.1, 0.15) is 46.5 Å². The quantitative estimate of drug-likeness (QED) is 0.401. The molecule has 1 rings (SSSR count). The minimum atomic E-state index is -0.530. The van der Waals surface area contributed by atoms with Crippen molar-refractivity contribution >= 4 is 29.9 Å². The summed E-state index contributed by atoms with van der Waals surface area (Å²) < 4.78 is 0. The van der Waals surface area contributed by atoms with Crippen molar-refractivity contribution in [2.75, 3.05) is 13.1 Å². The van der Waals surface area contributed by atoms with Crippen LogP contribution in [0.5, 0.6) is 0 Å². The summed E-state index contributed by atoms with van der Waals surface area (Å²) in [5, 5.41) is 16.5. The minimum Gasteiger partial charge on any atom is -0.388 e. The first-order chi connectivity index (χ1) is 7.59. The number of nitrogens with zero attached hydrogens (tertiary/aromatic N) is 1. The molecule has 1 aliphatic carbocycles. The predicted molar refractivity (Wildman–Crippen MR) is 83.1 cm³/mol. The second-order valence-electron chi connectivity index (χ2n) is 4.73. The van der Waals surface area contributed by atoms with Gasteiger partial charge in [0.15, 0.2) is 5.96 Å². The lowest BCUT2D eigenvalue weighted by atomic mass is 9.80. The monoisotopic (exact) mass is 355 g/mol. The van der Waals surface area contributed by atoms with Gasteiger partial charge in [0.1, 0.15) is 0 Å². The molecule has 0 amide bonds. The molecular weight excluding hydrogens is 329 g/mol. The molecule has 0 aromatic heterocycles. The number of nitrogens with one attached hydrogen (secondary N) is 2. The third-order valence-electron chi connectivity index (χ3n) is 3.16. The lowest BCUT2D eigenvalue weighted by molar-refractivity contribution is -0.0236. The lowest BCUT2D eigenvalue weighted by Crippen LogP contribution is -2.45. The molecule has 0 radical (unpaired) electrons. The number of aliphatic hydroxyl groups is 1. The first kappa shape index (κ1) is 17.0. The molecule has 1 fully saturated rings. The first-order valence-corrected chi connectivity index (χ1v) is 6.37. The van der Waals surface area contributed by atoms with Crippen LogP contribution in [0.2, 0.25) is 0 Å². The molecule has 1 unspecified atom stereocenters. The summed E-state index contributed by atoms with van der Waals surface area (Å²) in [6.45, 7) is 7.68. The number of halogens is 1. The predicted octanol–water partition coefficient (Wildman–Crippen LogP) is 1.87. The Hall–Kier alpha value is -0.0400. The Morgan fingerprint density at radius 3 is 2.47 bits per heavy atom. The van der Waals surface area contributed by atoms with Crippen molar-refractivity contribution in [2.24, 2.45) is 4.99 Å². The molecular formula is C12H26IN3O. The van der Waals surface area contributed by atoms with E-state index in [1.54, 1.807) is 0 Å². The molecule has 3 N–H and O–H groups in total. The Morgan fingerprint density at radius 1 is 1.41 bits per heavy atom. The molecule has 4 nitrogen and oxygen atoms in total. The third-order valence-corrected chi connectivity index (χ3v) is 3.16. The number of guanidine groups is 1. The molecule has 1 aliphatic rings. The highest BCUT2D eigenvalue weighted by Crippen LogP contribution is 2.31. The van der Waals surface area contributed by atoms with E-state index in [0.717, 1.165) is 38.2 Å². The zero-order valence-corrected chi connectivity index (χ0v) is 13.5. The molecule has 0 spiro atoms. The van der Waals surface area contributed by atoms with Gasteiger partial charge in [0.25, 0.3) is 0 Å². The Bertz CT molecular complexity index is 242. The number of rotatable bonds is 5. The second kappa shape index (κ2) is 8.13. The smallest absolute Gasteiger partial charge is 0.191 e. The Kier molecular flexibility index (Phi) is 8.11. The van der Waals surface area contributed by atoms with Crippen LogP contribution in [0.3, 0.4) is 0 Å². The van der Waals surface area contributed by atoms with E-state index in [9.17, 15) is 5.11 Å². The van der Waals surface area contributed by atoms with E-state index in [0.29, 0.717) is 12.6 Å². The van der Waals surface area contributed by atoms with Crippen LogP contribution in [0, 0.1) is 0 Å². The highest BCUT2D eigenvalue weighted by atomic mass is 127. The molecule has 0 aliphatic heterocycles. The maximum Gasteiger partial charge on any atom is 0.191 e. The average molecular weight is 355 g/mol. The highest BCUT2D eigenvalue weighted by molar-refractivity contribution is 14.0. The van der Waals surface area contributed by atoms with Crippen LogP contribution < -0.4 is 10.6 Å². The van der Waals surface area contributed by atoms with Gasteiger partial charge < -0.3 is 15.7 Å². The van der Waals surface area contributed by atoms with Crippen molar-refractivity contribution in [1.29, 1.82) is 0 Å². The van der Waals surface area contributed by atoms with Gasteiger partial charge in [0, 0.05) is 12.6 Å². The van der Waals surface area contributed by atoms with Crippen LogP contribution >= 0.6 is 24.0 Å². The molecule has 0 aromatic carbocycles. The van der Waals surface area contributed by atoms with Crippen molar-refractivity contribution in [3.05, 3.63) is 0 Å². The van der Waals surface area contributed by atoms with Crippen LogP contribution in [0.4, 0.5) is 0 Å². The molecule has 0 heterocycles. The van der Waals surface area contributed by atoms with Gasteiger partial charge in [-0.2, -0.15) is 0 Å².